The second-order valence-corrected chi connectivity index (χ2v) is 7.76. The maximum absolute atomic E-state index is 12.8. The van der Waals surface area contributed by atoms with E-state index in [1.54, 1.807) is 12.1 Å². The molecular formula is C27H21NO5. The summed E-state index contributed by atoms with van der Waals surface area (Å²) in [5.41, 5.74) is 3.65. The van der Waals surface area contributed by atoms with E-state index in [0.717, 1.165) is 33.0 Å². The van der Waals surface area contributed by atoms with E-state index < -0.39 is 10.9 Å². The topological polar surface area (TPSA) is 89.7 Å². The largest absolute Gasteiger partial charge is 0.507 e. The lowest BCUT2D eigenvalue weighted by atomic mass is 9.99. The van der Waals surface area contributed by atoms with Gasteiger partial charge >= 0.3 is 5.97 Å². The van der Waals surface area contributed by atoms with Gasteiger partial charge in [-0.2, -0.15) is 0 Å². The van der Waals surface area contributed by atoms with Crippen LogP contribution < -0.4 is 4.74 Å². The summed E-state index contributed by atoms with van der Waals surface area (Å²) in [7, 11) is 0. The number of ether oxygens (including phenoxy) is 1. The lowest BCUT2D eigenvalue weighted by molar-refractivity contribution is -0.384. The van der Waals surface area contributed by atoms with E-state index in [2.05, 4.69) is 0 Å². The molecule has 0 atom stereocenters. The quantitative estimate of drug-likeness (QED) is 0.127. The molecule has 4 aromatic carbocycles. The predicted octanol–water partition coefficient (Wildman–Crippen LogP) is 6.46. The minimum Gasteiger partial charge on any atom is -0.507 e. The first kappa shape index (κ1) is 21.8. The summed E-state index contributed by atoms with van der Waals surface area (Å²) < 4.78 is 5.43. The SMILES string of the molecule is Cc1cc(C=Cc2cc(C(=O)Oc3ccc([N+](=O)[O-])cc3)cc3ccccc23)cc(C)c1O. The predicted molar refractivity (Wildman–Crippen MR) is 129 cm³/mol. The van der Waals surface area contributed by atoms with Gasteiger partial charge in [-0.3, -0.25) is 10.1 Å². The smallest absolute Gasteiger partial charge is 0.343 e. The first-order chi connectivity index (χ1) is 15.8. The first-order valence-corrected chi connectivity index (χ1v) is 10.3. The average Bonchev–Trinajstić information content (AvgIpc) is 2.81. The highest BCUT2D eigenvalue weighted by atomic mass is 16.6. The number of carbonyl (C=O) groups is 1. The third kappa shape index (κ3) is 4.75. The number of nitro benzene ring substituents is 1. The molecule has 33 heavy (non-hydrogen) atoms. The lowest BCUT2D eigenvalue weighted by Gasteiger charge is -2.09. The molecule has 0 spiro atoms. The van der Waals surface area contributed by atoms with Crippen LogP contribution >= 0.6 is 0 Å². The van der Waals surface area contributed by atoms with Gasteiger partial charge in [-0.15, -0.1) is 0 Å². The van der Waals surface area contributed by atoms with Crippen LogP contribution in [0.5, 0.6) is 11.5 Å². The van der Waals surface area contributed by atoms with Crippen LogP contribution in [0.2, 0.25) is 0 Å². The summed E-state index contributed by atoms with van der Waals surface area (Å²) in [6.07, 6.45) is 3.86. The van der Waals surface area contributed by atoms with E-state index in [9.17, 15) is 20.0 Å². The monoisotopic (exact) mass is 439 g/mol. The van der Waals surface area contributed by atoms with Crippen LogP contribution in [0.15, 0.2) is 72.8 Å². The van der Waals surface area contributed by atoms with Crippen LogP contribution in [0.1, 0.15) is 32.6 Å². The molecule has 0 unspecified atom stereocenters. The number of non-ortho nitro benzene ring substituents is 1. The zero-order valence-corrected chi connectivity index (χ0v) is 18.1. The fourth-order valence-electron chi connectivity index (χ4n) is 3.67. The molecule has 4 rings (SSSR count). The van der Waals surface area contributed by atoms with Crippen molar-refractivity contribution in [3.63, 3.8) is 0 Å². The molecule has 0 aliphatic carbocycles. The van der Waals surface area contributed by atoms with Gasteiger partial charge in [0.25, 0.3) is 5.69 Å². The van der Waals surface area contributed by atoms with Crippen LogP contribution in [0.4, 0.5) is 5.69 Å². The van der Waals surface area contributed by atoms with E-state index in [1.165, 1.54) is 24.3 Å². The summed E-state index contributed by atoms with van der Waals surface area (Å²) in [4.78, 5) is 23.1. The molecule has 0 aliphatic rings. The van der Waals surface area contributed by atoms with Gasteiger partial charge in [-0.05, 0) is 83.3 Å². The van der Waals surface area contributed by atoms with Crippen molar-refractivity contribution in [3.8, 4) is 11.5 Å². The number of hydrogen-bond donors (Lipinski definition) is 1. The van der Waals surface area contributed by atoms with Crippen LogP contribution in [0, 0.1) is 24.0 Å². The number of carbonyl (C=O) groups excluding carboxylic acids is 1. The standard InChI is InChI=1S/C27H21NO5/c1-17-13-19(14-18(2)26(17)29)7-8-21-16-22(15-20-5-3-4-6-25(20)21)27(30)33-24-11-9-23(10-12-24)28(31)32/h3-16,29H,1-2H3. The number of rotatable bonds is 5. The van der Waals surface area contributed by atoms with Crippen molar-refractivity contribution in [1.82, 2.24) is 0 Å². The van der Waals surface area contributed by atoms with Gasteiger partial charge in [0.2, 0.25) is 0 Å². The molecule has 1 N–H and O–H groups in total. The van der Waals surface area contributed by atoms with Gasteiger partial charge in [0.1, 0.15) is 11.5 Å². The fourth-order valence-corrected chi connectivity index (χ4v) is 3.67. The van der Waals surface area contributed by atoms with Crippen molar-refractivity contribution in [3.05, 3.63) is 111 Å². The molecule has 6 nitrogen and oxygen atoms in total. The van der Waals surface area contributed by atoms with Gasteiger partial charge in [0, 0.05) is 12.1 Å². The molecule has 0 radical (unpaired) electrons. The van der Waals surface area contributed by atoms with Crippen molar-refractivity contribution < 1.29 is 19.6 Å². The number of aryl methyl sites for hydroxylation is 2. The van der Waals surface area contributed by atoms with Crippen molar-refractivity contribution in [2.24, 2.45) is 0 Å². The maximum atomic E-state index is 12.8. The van der Waals surface area contributed by atoms with Gasteiger partial charge in [0.15, 0.2) is 0 Å². The number of benzene rings is 4. The molecule has 164 valence electrons. The number of phenols is 1. The Bertz CT molecular complexity index is 1380. The molecular weight excluding hydrogens is 418 g/mol. The second-order valence-electron chi connectivity index (χ2n) is 7.76. The van der Waals surface area contributed by atoms with Gasteiger partial charge < -0.3 is 9.84 Å². The highest BCUT2D eigenvalue weighted by molar-refractivity contribution is 6.01. The van der Waals surface area contributed by atoms with E-state index in [1.807, 2.05) is 62.4 Å². The van der Waals surface area contributed by atoms with E-state index in [4.69, 9.17) is 4.74 Å². The summed E-state index contributed by atoms with van der Waals surface area (Å²) in [5, 5.41) is 22.7. The summed E-state index contributed by atoms with van der Waals surface area (Å²) in [6.45, 7) is 3.70. The van der Waals surface area contributed by atoms with Crippen molar-refractivity contribution in [2.45, 2.75) is 13.8 Å². The van der Waals surface area contributed by atoms with E-state index in [-0.39, 0.29) is 17.2 Å². The van der Waals surface area contributed by atoms with Crippen LogP contribution in [-0.2, 0) is 0 Å². The van der Waals surface area contributed by atoms with Crippen LogP contribution in [0.25, 0.3) is 22.9 Å². The third-order valence-corrected chi connectivity index (χ3v) is 5.36. The summed E-state index contributed by atoms with van der Waals surface area (Å²) in [5.74, 6) is -0.0416. The molecule has 0 saturated carbocycles. The zero-order chi connectivity index (χ0) is 23.5. The van der Waals surface area contributed by atoms with Crippen molar-refractivity contribution in [2.75, 3.05) is 0 Å². The normalized spacial score (nSPS) is 11.1. The van der Waals surface area contributed by atoms with Gasteiger partial charge in [0.05, 0.1) is 10.5 Å². The molecule has 4 aromatic rings. The second kappa shape index (κ2) is 8.96. The number of fused-ring (bicyclic) bond motifs is 1. The molecule has 0 heterocycles. The molecule has 0 aliphatic heterocycles. The lowest BCUT2D eigenvalue weighted by Crippen LogP contribution is -2.09. The number of esters is 1. The fraction of sp³-hybridized carbons (Fsp3) is 0.0741. The highest BCUT2D eigenvalue weighted by Crippen LogP contribution is 2.27. The number of nitrogens with zero attached hydrogens (tertiary/aromatic N) is 1. The van der Waals surface area contributed by atoms with Crippen molar-refractivity contribution >= 4 is 34.6 Å². The van der Waals surface area contributed by atoms with Crippen LogP contribution in [0.3, 0.4) is 0 Å². The summed E-state index contributed by atoms with van der Waals surface area (Å²) >= 11 is 0. The van der Waals surface area contributed by atoms with E-state index >= 15 is 0 Å². The minimum atomic E-state index is -0.555. The maximum Gasteiger partial charge on any atom is 0.343 e. The molecule has 0 aromatic heterocycles. The van der Waals surface area contributed by atoms with Crippen LogP contribution in [-0.4, -0.2) is 16.0 Å². The van der Waals surface area contributed by atoms with E-state index in [0.29, 0.717) is 5.56 Å². The Morgan fingerprint density at radius 3 is 2.27 bits per heavy atom. The Hall–Kier alpha value is -4.45. The van der Waals surface area contributed by atoms with Crippen molar-refractivity contribution in [1.29, 1.82) is 0 Å². The molecule has 0 saturated heterocycles. The Balaban J connectivity index is 1.68. The number of hydrogen-bond acceptors (Lipinski definition) is 5. The van der Waals surface area contributed by atoms with Gasteiger partial charge in [-0.1, -0.05) is 36.4 Å². The third-order valence-electron chi connectivity index (χ3n) is 5.36. The average molecular weight is 439 g/mol. The Morgan fingerprint density at radius 1 is 0.939 bits per heavy atom. The number of nitro groups is 1. The first-order valence-electron chi connectivity index (χ1n) is 10.3. The summed E-state index contributed by atoms with van der Waals surface area (Å²) in [6, 6.07) is 20.4. The zero-order valence-electron chi connectivity index (χ0n) is 18.1. The molecule has 0 fully saturated rings. The minimum absolute atomic E-state index is 0.0763. The highest BCUT2D eigenvalue weighted by Gasteiger charge is 2.13. The Morgan fingerprint density at radius 2 is 1.61 bits per heavy atom. The molecule has 0 bridgehead atoms. The number of phenolic OH excluding ortho intramolecular Hbond substituents is 1. The molecule has 6 heteroatoms. The Labute approximate surface area is 190 Å². The van der Waals surface area contributed by atoms with Gasteiger partial charge in [-0.25, -0.2) is 4.79 Å². The molecule has 0 amide bonds. The number of aromatic hydroxyl groups is 1. The Kier molecular flexibility index (Phi) is 5.91.